The number of hydrogen-bond acceptors (Lipinski definition) is 3. The van der Waals surface area contributed by atoms with Gasteiger partial charge in [-0.25, -0.2) is 0 Å². The fraction of sp³-hybridized carbons (Fsp3) is 0.643. The third kappa shape index (κ3) is 3.69. The average molecular weight is 315 g/mol. The van der Waals surface area contributed by atoms with E-state index >= 15 is 0 Å². The van der Waals surface area contributed by atoms with Crippen LogP contribution in [-0.2, 0) is 6.54 Å². The number of rotatable bonds is 6. The zero-order valence-electron chi connectivity index (χ0n) is 12.0. The molecule has 0 saturated carbocycles. The first-order valence-electron chi connectivity index (χ1n) is 6.30. The van der Waals surface area contributed by atoms with Gasteiger partial charge in [-0.2, -0.15) is 0 Å². The molecule has 0 bridgehead atoms. The van der Waals surface area contributed by atoms with Gasteiger partial charge >= 0.3 is 0 Å². The van der Waals surface area contributed by atoms with Crippen LogP contribution in [0, 0.1) is 13.8 Å². The van der Waals surface area contributed by atoms with Crippen LogP contribution >= 0.6 is 15.9 Å². The zero-order chi connectivity index (χ0) is 13.7. The summed E-state index contributed by atoms with van der Waals surface area (Å²) in [6, 6.07) is 0.510. The molecular formula is C14H23BrN2O. The summed E-state index contributed by atoms with van der Waals surface area (Å²) in [4.78, 5) is 6.96. The smallest absolute Gasteiger partial charge is 0.128 e. The number of ether oxygens (including phenoxy) is 1. The van der Waals surface area contributed by atoms with Gasteiger partial charge in [0.25, 0.3) is 0 Å². The molecule has 0 spiro atoms. The maximum absolute atomic E-state index is 5.45. The largest absolute Gasteiger partial charge is 0.496 e. The molecule has 0 N–H and O–H groups in total. The molecule has 1 heterocycles. The van der Waals surface area contributed by atoms with Gasteiger partial charge in [-0.3, -0.25) is 9.88 Å². The van der Waals surface area contributed by atoms with Crippen LogP contribution in [0.1, 0.15) is 30.7 Å². The van der Waals surface area contributed by atoms with Crippen LogP contribution in [0.4, 0.5) is 0 Å². The second kappa shape index (κ2) is 7.10. The van der Waals surface area contributed by atoms with E-state index in [4.69, 9.17) is 4.74 Å². The summed E-state index contributed by atoms with van der Waals surface area (Å²) in [6.07, 6.45) is 1.90. The molecule has 0 aliphatic carbocycles. The summed E-state index contributed by atoms with van der Waals surface area (Å²) in [5.74, 6) is 0.961. The van der Waals surface area contributed by atoms with Crippen LogP contribution in [0.3, 0.4) is 0 Å². The number of alkyl halides is 1. The van der Waals surface area contributed by atoms with Crippen molar-refractivity contribution in [3.63, 3.8) is 0 Å². The maximum Gasteiger partial charge on any atom is 0.128 e. The highest BCUT2D eigenvalue weighted by Crippen LogP contribution is 2.25. The molecule has 0 atom stereocenters. The van der Waals surface area contributed by atoms with Crippen LogP contribution in [0.15, 0.2) is 6.20 Å². The summed E-state index contributed by atoms with van der Waals surface area (Å²) in [5, 5.41) is 0.979. The minimum atomic E-state index is 0.510. The number of nitrogens with zero attached hydrogens (tertiary/aromatic N) is 2. The van der Waals surface area contributed by atoms with Gasteiger partial charge in [-0.15, -0.1) is 0 Å². The Kier molecular flexibility index (Phi) is 6.09. The molecule has 1 aromatic rings. The Hall–Kier alpha value is -0.610. The molecule has 0 aliphatic rings. The molecule has 0 unspecified atom stereocenters. The second-order valence-corrected chi connectivity index (χ2v) is 5.59. The fourth-order valence-electron chi connectivity index (χ4n) is 2.05. The van der Waals surface area contributed by atoms with Gasteiger partial charge in [0.05, 0.1) is 12.8 Å². The van der Waals surface area contributed by atoms with Crippen molar-refractivity contribution in [2.45, 2.75) is 40.3 Å². The number of pyridine rings is 1. The first-order valence-corrected chi connectivity index (χ1v) is 7.42. The van der Waals surface area contributed by atoms with Crippen molar-refractivity contribution in [3.05, 3.63) is 23.0 Å². The number of aryl methyl sites for hydroxylation is 1. The monoisotopic (exact) mass is 314 g/mol. The molecule has 0 saturated heterocycles. The van der Waals surface area contributed by atoms with Crippen molar-refractivity contribution in [1.29, 1.82) is 0 Å². The van der Waals surface area contributed by atoms with Crippen LogP contribution in [-0.4, -0.2) is 34.9 Å². The van der Waals surface area contributed by atoms with E-state index in [1.807, 2.05) is 13.1 Å². The Labute approximate surface area is 119 Å². The van der Waals surface area contributed by atoms with E-state index < -0.39 is 0 Å². The number of methoxy groups -OCH3 is 1. The van der Waals surface area contributed by atoms with Crippen molar-refractivity contribution in [1.82, 2.24) is 9.88 Å². The van der Waals surface area contributed by atoms with Crippen LogP contribution in [0.5, 0.6) is 5.75 Å². The Morgan fingerprint density at radius 1 is 1.39 bits per heavy atom. The molecule has 0 fully saturated rings. The first-order chi connectivity index (χ1) is 8.51. The fourth-order valence-corrected chi connectivity index (χ4v) is 2.51. The normalized spacial score (nSPS) is 11.3. The third-order valence-corrected chi connectivity index (χ3v) is 3.56. The molecular weight excluding hydrogens is 292 g/mol. The minimum Gasteiger partial charge on any atom is -0.496 e. The van der Waals surface area contributed by atoms with Gasteiger partial charge in [-0.1, -0.05) is 15.9 Å². The lowest BCUT2D eigenvalue weighted by Crippen LogP contribution is -2.32. The van der Waals surface area contributed by atoms with E-state index in [1.54, 1.807) is 7.11 Å². The van der Waals surface area contributed by atoms with Gasteiger partial charge in [0, 0.05) is 41.8 Å². The van der Waals surface area contributed by atoms with Crippen LogP contribution < -0.4 is 4.74 Å². The van der Waals surface area contributed by atoms with Gasteiger partial charge in [0.1, 0.15) is 5.75 Å². The molecule has 3 nitrogen and oxygen atoms in total. The number of hydrogen-bond donors (Lipinski definition) is 0. The standard InChI is InChI=1S/C14H23BrN2O/c1-10(2)17(7-6-15)9-13-12(4)14(18-5)11(3)8-16-13/h8,10H,6-7,9H2,1-5H3. The van der Waals surface area contributed by atoms with Gasteiger partial charge < -0.3 is 4.74 Å². The quantitative estimate of drug-likeness (QED) is 0.753. The highest BCUT2D eigenvalue weighted by Gasteiger charge is 2.14. The van der Waals surface area contributed by atoms with E-state index in [2.05, 4.69) is 46.6 Å². The minimum absolute atomic E-state index is 0.510. The molecule has 0 aliphatic heterocycles. The maximum atomic E-state index is 5.45. The molecule has 102 valence electrons. The van der Waals surface area contributed by atoms with Crippen molar-refractivity contribution in [2.75, 3.05) is 19.0 Å². The average Bonchev–Trinajstić information content (AvgIpc) is 2.32. The Morgan fingerprint density at radius 2 is 2.06 bits per heavy atom. The Bertz CT molecular complexity index is 394. The van der Waals surface area contributed by atoms with Crippen LogP contribution in [0.25, 0.3) is 0 Å². The summed E-state index contributed by atoms with van der Waals surface area (Å²) in [6.45, 7) is 10.4. The van der Waals surface area contributed by atoms with E-state index in [9.17, 15) is 0 Å². The van der Waals surface area contributed by atoms with Crippen molar-refractivity contribution in [3.8, 4) is 5.75 Å². The zero-order valence-corrected chi connectivity index (χ0v) is 13.5. The number of halogens is 1. The highest BCUT2D eigenvalue weighted by atomic mass is 79.9. The van der Waals surface area contributed by atoms with Gasteiger partial charge in [-0.05, 0) is 27.7 Å². The predicted octanol–water partition coefficient (Wildman–Crippen LogP) is 3.31. The SMILES string of the molecule is COc1c(C)cnc(CN(CCBr)C(C)C)c1C. The first kappa shape index (κ1) is 15.4. The van der Waals surface area contributed by atoms with Crippen LogP contribution in [0.2, 0.25) is 0 Å². The summed E-state index contributed by atoms with van der Waals surface area (Å²) >= 11 is 3.50. The van der Waals surface area contributed by atoms with Gasteiger partial charge in [0.15, 0.2) is 0 Å². The lowest BCUT2D eigenvalue weighted by Gasteiger charge is -2.26. The van der Waals surface area contributed by atoms with E-state index in [0.29, 0.717) is 6.04 Å². The molecule has 4 heteroatoms. The molecule has 0 radical (unpaired) electrons. The molecule has 1 aromatic heterocycles. The lowest BCUT2D eigenvalue weighted by atomic mass is 10.1. The van der Waals surface area contributed by atoms with Crippen molar-refractivity contribution >= 4 is 15.9 Å². The lowest BCUT2D eigenvalue weighted by molar-refractivity contribution is 0.224. The third-order valence-electron chi connectivity index (χ3n) is 3.20. The highest BCUT2D eigenvalue weighted by molar-refractivity contribution is 9.09. The summed E-state index contributed by atoms with van der Waals surface area (Å²) in [7, 11) is 1.72. The molecule has 18 heavy (non-hydrogen) atoms. The summed E-state index contributed by atoms with van der Waals surface area (Å²) in [5.41, 5.74) is 3.35. The van der Waals surface area contributed by atoms with Crippen molar-refractivity contribution in [2.24, 2.45) is 0 Å². The number of aromatic nitrogens is 1. The second-order valence-electron chi connectivity index (χ2n) is 4.80. The van der Waals surface area contributed by atoms with E-state index in [-0.39, 0.29) is 0 Å². The van der Waals surface area contributed by atoms with E-state index in [0.717, 1.165) is 41.0 Å². The molecule has 0 amide bonds. The topological polar surface area (TPSA) is 25.4 Å². The predicted molar refractivity (Wildman–Crippen MR) is 79.6 cm³/mol. The Morgan fingerprint density at radius 3 is 2.56 bits per heavy atom. The summed E-state index contributed by atoms with van der Waals surface area (Å²) < 4.78 is 5.45. The molecule has 1 rings (SSSR count). The molecule has 0 aromatic carbocycles. The van der Waals surface area contributed by atoms with Gasteiger partial charge in [0.2, 0.25) is 0 Å². The van der Waals surface area contributed by atoms with E-state index in [1.165, 1.54) is 0 Å². The van der Waals surface area contributed by atoms with Crippen molar-refractivity contribution < 1.29 is 4.74 Å². The Balaban J connectivity index is 2.96.